The molecule has 0 amide bonds. The van der Waals surface area contributed by atoms with Gasteiger partial charge in [-0.1, -0.05) is 12.8 Å². The molecule has 0 saturated carbocycles. The van der Waals surface area contributed by atoms with Gasteiger partial charge >= 0.3 is 0 Å². The quantitative estimate of drug-likeness (QED) is 0.624. The Hall–Kier alpha value is -0.120. The van der Waals surface area contributed by atoms with E-state index >= 15 is 0 Å². The second-order valence-electron chi connectivity index (χ2n) is 5.05. The molecule has 1 fully saturated rings. The van der Waals surface area contributed by atoms with E-state index < -0.39 is 0 Å². The molecule has 0 aromatic heterocycles. The fourth-order valence-corrected chi connectivity index (χ4v) is 2.63. The van der Waals surface area contributed by atoms with E-state index in [1.807, 2.05) is 6.92 Å². The van der Waals surface area contributed by atoms with Crippen molar-refractivity contribution < 1.29 is 10.2 Å². The van der Waals surface area contributed by atoms with Crippen molar-refractivity contribution >= 4 is 0 Å². The van der Waals surface area contributed by atoms with Crippen molar-refractivity contribution in [2.24, 2.45) is 0 Å². The Kier molecular flexibility index (Phi) is 7.01. The van der Waals surface area contributed by atoms with Crippen LogP contribution in [-0.4, -0.2) is 47.0 Å². The van der Waals surface area contributed by atoms with Gasteiger partial charge in [0.15, 0.2) is 0 Å². The minimum absolute atomic E-state index is 0.167. The number of hydrogen-bond acceptors (Lipinski definition) is 3. The average molecular weight is 229 g/mol. The summed E-state index contributed by atoms with van der Waals surface area (Å²) in [5.41, 5.74) is 0. The lowest BCUT2D eigenvalue weighted by atomic mass is 10.1. The molecule has 3 nitrogen and oxygen atoms in total. The highest BCUT2D eigenvalue weighted by molar-refractivity contribution is 4.80. The van der Waals surface area contributed by atoms with Crippen LogP contribution >= 0.6 is 0 Å². The monoisotopic (exact) mass is 229 g/mol. The van der Waals surface area contributed by atoms with Gasteiger partial charge in [0, 0.05) is 12.6 Å². The number of hydrogen-bond donors (Lipinski definition) is 2. The average Bonchev–Trinajstić information content (AvgIpc) is 2.64. The topological polar surface area (TPSA) is 43.7 Å². The Morgan fingerprint density at radius 1 is 1.25 bits per heavy atom. The van der Waals surface area contributed by atoms with Crippen LogP contribution in [0.1, 0.15) is 51.9 Å². The van der Waals surface area contributed by atoms with Gasteiger partial charge in [0.2, 0.25) is 0 Å². The van der Waals surface area contributed by atoms with Gasteiger partial charge in [0.25, 0.3) is 0 Å². The Labute approximate surface area is 99.5 Å². The minimum atomic E-state index is -0.167. The molecule has 0 aliphatic carbocycles. The van der Waals surface area contributed by atoms with Gasteiger partial charge in [-0.05, 0) is 52.1 Å². The van der Waals surface area contributed by atoms with Crippen LogP contribution in [0.5, 0.6) is 0 Å². The summed E-state index contributed by atoms with van der Waals surface area (Å²) in [4.78, 5) is 2.53. The van der Waals surface area contributed by atoms with Gasteiger partial charge in [0.1, 0.15) is 0 Å². The first kappa shape index (κ1) is 13.9. The highest BCUT2D eigenvalue weighted by Crippen LogP contribution is 2.21. The van der Waals surface area contributed by atoms with Crippen LogP contribution < -0.4 is 0 Å². The van der Waals surface area contributed by atoms with Gasteiger partial charge in [-0.2, -0.15) is 0 Å². The zero-order valence-corrected chi connectivity index (χ0v) is 10.6. The van der Waals surface area contributed by atoms with E-state index in [2.05, 4.69) is 4.90 Å². The van der Waals surface area contributed by atoms with E-state index in [4.69, 9.17) is 5.11 Å². The SMILES string of the molecule is CC(O)CC1CCCN1CCCCCCO. The second kappa shape index (κ2) is 8.04. The van der Waals surface area contributed by atoms with Crippen LogP contribution in [0.4, 0.5) is 0 Å². The van der Waals surface area contributed by atoms with E-state index in [9.17, 15) is 5.11 Å². The number of rotatable bonds is 8. The maximum Gasteiger partial charge on any atom is 0.0527 e. The molecule has 1 aliphatic rings. The van der Waals surface area contributed by atoms with Crippen molar-refractivity contribution in [2.45, 2.75) is 64.0 Å². The van der Waals surface area contributed by atoms with Crippen LogP contribution in [0.25, 0.3) is 0 Å². The van der Waals surface area contributed by atoms with E-state index in [0.717, 1.165) is 19.3 Å². The fourth-order valence-electron chi connectivity index (χ4n) is 2.63. The summed E-state index contributed by atoms with van der Waals surface area (Å²) >= 11 is 0. The summed E-state index contributed by atoms with van der Waals surface area (Å²) in [7, 11) is 0. The normalized spacial score (nSPS) is 23.8. The number of likely N-dealkylation sites (tertiary alicyclic amines) is 1. The molecular formula is C13H27NO2. The van der Waals surface area contributed by atoms with Gasteiger partial charge in [-0.25, -0.2) is 0 Å². The van der Waals surface area contributed by atoms with Gasteiger partial charge in [-0.15, -0.1) is 0 Å². The third kappa shape index (κ3) is 5.28. The maximum absolute atomic E-state index is 9.42. The predicted molar refractivity (Wildman–Crippen MR) is 66.4 cm³/mol. The third-order valence-electron chi connectivity index (χ3n) is 3.47. The Morgan fingerprint density at radius 2 is 2.00 bits per heavy atom. The van der Waals surface area contributed by atoms with Crippen molar-refractivity contribution in [1.29, 1.82) is 0 Å². The molecule has 1 heterocycles. The molecule has 2 unspecified atom stereocenters. The number of unbranched alkanes of at least 4 members (excludes halogenated alkanes) is 3. The Bertz CT molecular complexity index is 173. The minimum Gasteiger partial charge on any atom is -0.396 e. The van der Waals surface area contributed by atoms with Crippen molar-refractivity contribution in [3.05, 3.63) is 0 Å². The first-order valence-corrected chi connectivity index (χ1v) is 6.77. The van der Waals surface area contributed by atoms with E-state index in [1.54, 1.807) is 0 Å². The van der Waals surface area contributed by atoms with Crippen molar-refractivity contribution in [3.8, 4) is 0 Å². The lowest BCUT2D eigenvalue weighted by molar-refractivity contribution is 0.132. The molecular weight excluding hydrogens is 202 g/mol. The lowest BCUT2D eigenvalue weighted by Gasteiger charge is -2.25. The summed E-state index contributed by atoms with van der Waals surface area (Å²) < 4.78 is 0. The molecule has 1 aliphatic heterocycles. The number of nitrogens with zero attached hydrogens (tertiary/aromatic N) is 1. The molecule has 16 heavy (non-hydrogen) atoms. The van der Waals surface area contributed by atoms with E-state index in [1.165, 1.54) is 38.8 Å². The smallest absolute Gasteiger partial charge is 0.0527 e. The molecule has 96 valence electrons. The Balaban J connectivity index is 2.10. The summed E-state index contributed by atoms with van der Waals surface area (Å²) in [6, 6.07) is 0.609. The highest BCUT2D eigenvalue weighted by atomic mass is 16.3. The number of aliphatic hydroxyl groups excluding tert-OH is 2. The van der Waals surface area contributed by atoms with Crippen molar-refractivity contribution in [1.82, 2.24) is 4.90 Å². The zero-order valence-electron chi connectivity index (χ0n) is 10.6. The molecule has 2 N–H and O–H groups in total. The predicted octanol–water partition coefficient (Wildman–Crippen LogP) is 1.77. The lowest BCUT2D eigenvalue weighted by Crippen LogP contribution is -2.32. The molecule has 0 bridgehead atoms. The van der Waals surface area contributed by atoms with E-state index in [-0.39, 0.29) is 6.10 Å². The van der Waals surface area contributed by atoms with Crippen LogP contribution in [0.15, 0.2) is 0 Å². The third-order valence-corrected chi connectivity index (χ3v) is 3.47. The molecule has 0 spiro atoms. The van der Waals surface area contributed by atoms with Gasteiger partial charge in [0.05, 0.1) is 6.10 Å². The molecule has 0 radical (unpaired) electrons. The Morgan fingerprint density at radius 3 is 2.69 bits per heavy atom. The second-order valence-corrected chi connectivity index (χ2v) is 5.05. The molecule has 0 aromatic rings. The van der Waals surface area contributed by atoms with Gasteiger partial charge < -0.3 is 15.1 Å². The zero-order chi connectivity index (χ0) is 11.8. The molecule has 0 aromatic carbocycles. The van der Waals surface area contributed by atoms with Crippen LogP contribution in [-0.2, 0) is 0 Å². The van der Waals surface area contributed by atoms with Crippen LogP contribution in [0.3, 0.4) is 0 Å². The standard InChI is InChI=1S/C13H27NO2/c1-12(16)11-13-7-6-9-14(13)8-4-2-3-5-10-15/h12-13,15-16H,2-11H2,1H3. The molecule has 3 heteroatoms. The van der Waals surface area contributed by atoms with Crippen molar-refractivity contribution in [2.75, 3.05) is 19.7 Å². The highest BCUT2D eigenvalue weighted by Gasteiger charge is 2.24. The molecule has 2 atom stereocenters. The maximum atomic E-state index is 9.42. The molecule has 1 rings (SSSR count). The summed E-state index contributed by atoms with van der Waals surface area (Å²) in [5, 5.41) is 18.1. The largest absolute Gasteiger partial charge is 0.396 e. The first-order chi connectivity index (χ1) is 7.74. The number of aliphatic hydroxyl groups is 2. The summed E-state index contributed by atoms with van der Waals surface area (Å²) in [5.74, 6) is 0. The first-order valence-electron chi connectivity index (χ1n) is 6.77. The van der Waals surface area contributed by atoms with Gasteiger partial charge in [-0.3, -0.25) is 0 Å². The van der Waals surface area contributed by atoms with E-state index in [0.29, 0.717) is 12.6 Å². The van der Waals surface area contributed by atoms with Crippen molar-refractivity contribution in [3.63, 3.8) is 0 Å². The molecule has 1 saturated heterocycles. The summed E-state index contributed by atoms with van der Waals surface area (Å²) in [6.45, 7) is 4.59. The van der Waals surface area contributed by atoms with Crippen LogP contribution in [0, 0.1) is 0 Å². The van der Waals surface area contributed by atoms with Crippen LogP contribution in [0.2, 0.25) is 0 Å². The summed E-state index contributed by atoms with van der Waals surface area (Å²) in [6.07, 6.45) is 7.84. The fraction of sp³-hybridized carbons (Fsp3) is 1.00.